The van der Waals surface area contributed by atoms with Gasteiger partial charge in [0.25, 0.3) is 0 Å². The molecule has 0 aliphatic heterocycles. The molecule has 0 aliphatic carbocycles. The third kappa shape index (κ3) is 2.03. The van der Waals surface area contributed by atoms with Crippen LogP contribution in [0, 0.1) is 8.78 Å². The van der Waals surface area contributed by atoms with Crippen molar-refractivity contribution in [2.45, 2.75) is 0 Å². The molecule has 0 saturated heterocycles. The van der Waals surface area contributed by atoms with Crippen LogP contribution in [-0.4, -0.2) is 17.3 Å². The van der Waals surface area contributed by atoms with Crippen molar-refractivity contribution in [2.24, 2.45) is 0 Å². The van der Waals surface area contributed by atoms with Crippen molar-refractivity contribution in [3.05, 3.63) is 33.2 Å². The van der Waals surface area contributed by atoms with Gasteiger partial charge in [0.15, 0.2) is 0 Å². The molecule has 2 aromatic rings. The summed E-state index contributed by atoms with van der Waals surface area (Å²) in [6, 6.07) is 5.85. The Kier molecular flexibility index (Phi) is 2.96. The Labute approximate surface area is 91.2 Å². The van der Waals surface area contributed by atoms with E-state index in [0.29, 0.717) is 0 Å². The van der Waals surface area contributed by atoms with E-state index in [-0.39, 0.29) is 3.44 Å². The van der Waals surface area contributed by atoms with Crippen molar-refractivity contribution in [1.82, 2.24) is 10.2 Å². The summed E-state index contributed by atoms with van der Waals surface area (Å²) < 4.78 is 0.912. The first-order valence-electron chi connectivity index (χ1n) is 3.95. The van der Waals surface area contributed by atoms with E-state index in [0.717, 1.165) is 14.5 Å². The second-order valence-electron chi connectivity index (χ2n) is 2.64. The van der Waals surface area contributed by atoms with E-state index >= 15 is 0 Å². The normalized spacial score (nSPS) is 13.6. The van der Waals surface area contributed by atoms with Crippen LogP contribution in [0.2, 0.25) is 0 Å². The minimum atomic E-state index is -0.701. The fraction of sp³-hybridized carbons (Fsp3) is 0.125. The number of halogens is 1. The zero-order chi connectivity index (χ0) is 9.97. The van der Waals surface area contributed by atoms with E-state index < -0.39 is 21.5 Å². The SMILES string of the molecule is CO[NH+]([O-])[I-]c1ccc2cn[nH]c2c1. The summed E-state index contributed by atoms with van der Waals surface area (Å²) in [4.78, 5) is 4.63. The summed E-state index contributed by atoms with van der Waals surface area (Å²) in [6.45, 7) is 0. The van der Waals surface area contributed by atoms with Crippen molar-refractivity contribution < 1.29 is 29.8 Å². The van der Waals surface area contributed by atoms with Gasteiger partial charge in [0.2, 0.25) is 0 Å². The van der Waals surface area contributed by atoms with Crippen LogP contribution in [0.3, 0.4) is 0 Å². The Morgan fingerprint density at radius 1 is 1.57 bits per heavy atom. The first-order chi connectivity index (χ1) is 6.79. The molecule has 0 saturated carbocycles. The number of nitrogens with zero attached hydrogens (tertiary/aromatic N) is 1. The van der Waals surface area contributed by atoms with E-state index in [2.05, 4.69) is 15.0 Å². The summed E-state index contributed by atoms with van der Waals surface area (Å²) in [6.07, 6.45) is 1.76. The van der Waals surface area contributed by atoms with Crippen molar-refractivity contribution in [3.8, 4) is 0 Å². The van der Waals surface area contributed by atoms with Crippen molar-refractivity contribution in [3.63, 3.8) is 0 Å². The molecule has 1 atom stereocenters. The standard InChI is InChI=1S/C8H9IN3O2/c1-14-12(13)9-7-3-2-6-5-10-11-8(6)4-7/h2-5,12H,1H3,(H,10,11)/q-1. The molecule has 0 amide bonds. The van der Waals surface area contributed by atoms with Gasteiger partial charge in [-0.05, 0) is 0 Å². The second kappa shape index (κ2) is 4.22. The summed E-state index contributed by atoms with van der Waals surface area (Å²) in [5, 5.41) is 18.9. The quantitative estimate of drug-likeness (QED) is 0.354. The molecular weight excluding hydrogens is 297 g/mol. The molecule has 2 rings (SSSR count). The summed E-state index contributed by atoms with van der Waals surface area (Å²) in [5.74, 6) is 0. The van der Waals surface area contributed by atoms with E-state index in [1.807, 2.05) is 18.2 Å². The Hall–Kier alpha value is -0.700. The van der Waals surface area contributed by atoms with Crippen LogP contribution in [-0.2, 0) is 4.84 Å². The van der Waals surface area contributed by atoms with Crippen LogP contribution >= 0.6 is 0 Å². The fourth-order valence-corrected chi connectivity index (χ4v) is 2.65. The van der Waals surface area contributed by atoms with Crippen LogP contribution in [0.5, 0.6) is 0 Å². The van der Waals surface area contributed by atoms with E-state index in [9.17, 15) is 5.21 Å². The Balaban J connectivity index is 2.25. The van der Waals surface area contributed by atoms with Crippen LogP contribution in [0.4, 0.5) is 0 Å². The Morgan fingerprint density at radius 2 is 2.43 bits per heavy atom. The predicted molar refractivity (Wildman–Crippen MR) is 46.1 cm³/mol. The minimum absolute atomic E-state index is 0.123. The molecule has 1 aromatic carbocycles. The number of hydrogen-bond donors (Lipinski definition) is 2. The number of hydrogen-bond acceptors (Lipinski definition) is 3. The molecule has 0 bridgehead atoms. The number of H-pyrrole nitrogens is 1. The zero-order valence-corrected chi connectivity index (χ0v) is 9.61. The van der Waals surface area contributed by atoms with E-state index in [1.165, 1.54) is 7.11 Å². The van der Waals surface area contributed by atoms with Crippen LogP contribution in [0.15, 0.2) is 24.4 Å². The zero-order valence-electron chi connectivity index (χ0n) is 7.45. The van der Waals surface area contributed by atoms with Gasteiger partial charge in [0.1, 0.15) is 0 Å². The van der Waals surface area contributed by atoms with E-state index in [4.69, 9.17) is 0 Å². The second-order valence-corrected chi connectivity index (χ2v) is 5.30. The topological polar surface area (TPSA) is 65.4 Å². The predicted octanol–water partition coefficient (Wildman–Crippen LogP) is -3.32. The van der Waals surface area contributed by atoms with Gasteiger partial charge < -0.3 is 0 Å². The van der Waals surface area contributed by atoms with Gasteiger partial charge in [-0.1, -0.05) is 0 Å². The molecule has 76 valence electrons. The van der Waals surface area contributed by atoms with Gasteiger partial charge in [-0.2, -0.15) is 0 Å². The van der Waals surface area contributed by atoms with Gasteiger partial charge in [-0.3, -0.25) is 0 Å². The van der Waals surface area contributed by atoms with Gasteiger partial charge in [-0.25, -0.2) is 0 Å². The molecule has 2 N–H and O–H groups in total. The Bertz CT molecular complexity index is 431. The number of fused-ring (bicyclic) bond motifs is 1. The fourth-order valence-electron chi connectivity index (χ4n) is 1.10. The van der Waals surface area contributed by atoms with Crippen molar-refractivity contribution >= 4 is 10.9 Å². The number of quaternary nitrogens is 1. The molecule has 14 heavy (non-hydrogen) atoms. The van der Waals surface area contributed by atoms with Gasteiger partial charge in [0, 0.05) is 0 Å². The molecule has 1 heterocycles. The molecule has 5 nitrogen and oxygen atoms in total. The monoisotopic (exact) mass is 306 g/mol. The maximum atomic E-state index is 11.1. The average molecular weight is 306 g/mol. The molecule has 0 radical (unpaired) electrons. The van der Waals surface area contributed by atoms with E-state index in [1.54, 1.807) is 6.20 Å². The molecule has 0 aliphatic rings. The molecule has 6 heteroatoms. The third-order valence-corrected chi connectivity index (χ3v) is 3.93. The Morgan fingerprint density at radius 3 is 3.21 bits per heavy atom. The summed E-state index contributed by atoms with van der Waals surface area (Å²) in [5.41, 5.74) is 0.964. The summed E-state index contributed by atoms with van der Waals surface area (Å²) in [7, 11) is 1.41. The maximum absolute atomic E-state index is 11.1. The molecule has 1 unspecified atom stereocenters. The number of nitrogens with one attached hydrogen (secondary N) is 2. The summed E-state index contributed by atoms with van der Waals surface area (Å²) >= 11 is -0.701. The number of aromatic amines is 1. The molecule has 1 aromatic heterocycles. The number of rotatable bonds is 3. The third-order valence-electron chi connectivity index (χ3n) is 1.75. The van der Waals surface area contributed by atoms with Crippen molar-refractivity contribution in [2.75, 3.05) is 7.11 Å². The molecule has 0 fully saturated rings. The van der Waals surface area contributed by atoms with Gasteiger partial charge in [0.05, 0.1) is 0 Å². The average Bonchev–Trinajstić information content (AvgIpc) is 2.64. The molecule has 0 spiro atoms. The first kappa shape index (κ1) is 9.84. The number of benzene rings is 1. The first-order valence-corrected chi connectivity index (χ1v) is 6.11. The van der Waals surface area contributed by atoms with Crippen LogP contribution in [0.1, 0.15) is 0 Å². The van der Waals surface area contributed by atoms with Crippen molar-refractivity contribution in [1.29, 1.82) is 0 Å². The van der Waals surface area contributed by atoms with Gasteiger partial charge in [-0.15, -0.1) is 0 Å². The number of aromatic nitrogens is 2. The van der Waals surface area contributed by atoms with Gasteiger partial charge >= 0.3 is 91.1 Å². The molecular formula is C8H9IN3O2-. The van der Waals surface area contributed by atoms with Crippen LogP contribution in [0.25, 0.3) is 10.9 Å². The van der Waals surface area contributed by atoms with Crippen LogP contribution < -0.4 is 24.9 Å².